The second-order valence-electron chi connectivity index (χ2n) is 3.41. The monoisotopic (exact) mass is 286 g/mol. The lowest BCUT2D eigenvalue weighted by molar-refractivity contribution is 0.111. The molecule has 8 heteroatoms. The first kappa shape index (κ1) is 12.8. The summed E-state index contributed by atoms with van der Waals surface area (Å²) < 4.78 is 5.41. The molecule has 2 rings (SSSR count). The van der Waals surface area contributed by atoms with Crippen molar-refractivity contribution in [2.24, 2.45) is 7.05 Å². The summed E-state index contributed by atoms with van der Waals surface area (Å²) in [6, 6.07) is 2.97. The van der Waals surface area contributed by atoms with Crippen molar-refractivity contribution in [2.75, 3.05) is 0 Å². The quantitative estimate of drug-likeness (QED) is 0.803. The standard InChI is InChI=1S/C10H8Cl2N4O2/c1-16-14-9(13-15-16)5-18-10-6(4-17)2-7(11)3-8(10)12/h2-4H,5H2,1H3. The van der Waals surface area contributed by atoms with Gasteiger partial charge in [-0.15, -0.1) is 10.2 Å². The number of halogens is 2. The van der Waals surface area contributed by atoms with E-state index in [0.29, 0.717) is 17.1 Å². The smallest absolute Gasteiger partial charge is 0.212 e. The highest BCUT2D eigenvalue weighted by atomic mass is 35.5. The molecule has 0 amide bonds. The van der Waals surface area contributed by atoms with Crippen molar-refractivity contribution in [2.45, 2.75) is 6.61 Å². The number of carbonyl (C=O) groups excluding carboxylic acids is 1. The Morgan fingerprint density at radius 3 is 2.83 bits per heavy atom. The maximum absolute atomic E-state index is 10.9. The van der Waals surface area contributed by atoms with Gasteiger partial charge in [0.05, 0.1) is 17.6 Å². The molecule has 6 nitrogen and oxygen atoms in total. The van der Waals surface area contributed by atoms with Crippen LogP contribution in [0.1, 0.15) is 16.2 Å². The van der Waals surface area contributed by atoms with E-state index in [2.05, 4.69) is 15.4 Å². The SMILES string of the molecule is Cn1nnc(COc2c(Cl)cc(Cl)cc2C=O)n1. The fourth-order valence-corrected chi connectivity index (χ4v) is 1.90. The molecular weight excluding hydrogens is 279 g/mol. The van der Waals surface area contributed by atoms with Gasteiger partial charge in [0.1, 0.15) is 5.75 Å². The molecule has 0 radical (unpaired) electrons. The predicted octanol–water partition coefficient (Wildman–Crippen LogP) is 1.91. The summed E-state index contributed by atoms with van der Waals surface area (Å²) in [6.07, 6.45) is 0.622. The van der Waals surface area contributed by atoms with Gasteiger partial charge in [0.2, 0.25) is 5.82 Å². The van der Waals surface area contributed by atoms with Crippen molar-refractivity contribution in [3.8, 4) is 5.75 Å². The highest BCUT2D eigenvalue weighted by Crippen LogP contribution is 2.31. The molecular formula is C10H8Cl2N4O2. The number of aldehydes is 1. The Balaban J connectivity index is 2.20. The van der Waals surface area contributed by atoms with Crippen molar-refractivity contribution in [1.82, 2.24) is 20.2 Å². The molecule has 0 aliphatic carbocycles. The van der Waals surface area contributed by atoms with Crippen LogP contribution in [-0.2, 0) is 13.7 Å². The molecule has 2 aromatic rings. The van der Waals surface area contributed by atoms with E-state index >= 15 is 0 Å². The maximum atomic E-state index is 10.9. The lowest BCUT2D eigenvalue weighted by Crippen LogP contribution is -2.01. The summed E-state index contributed by atoms with van der Waals surface area (Å²) >= 11 is 11.7. The van der Waals surface area contributed by atoms with Crippen molar-refractivity contribution in [1.29, 1.82) is 0 Å². The maximum Gasteiger partial charge on any atom is 0.212 e. The molecule has 0 unspecified atom stereocenters. The number of hydrogen-bond acceptors (Lipinski definition) is 5. The molecule has 18 heavy (non-hydrogen) atoms. The number of carbonyl (C=O) groups is 1. The second kappa shape index (κ2) is 5.32. The van der Waals surface area contributed by atoms with Crippen molar-refractivity contribution >= 4 is 29.5 Å². The zero-order valence-electron chi connectivity index (χ0n) is 9.30. The van der Waals surface area contributed by atoms with E-state index in [1.807, 2.05) is 0 Å². The Bertz CT molecular complexity index is 585. The second-order valence-corrected chi connectivity index (χ2v) is 4.25. The molecule has 0 fully saturated rings. The van der Waals surface area contributed by atoms with Gasteiger partial charge >= 0.3 is 0 Å². The third kappa shape index (κ3) is 2.77. The number of nitrogens with zero attached hydrogens (tertiary/aromatic N) is 4. The minimum absolute atomic E-state index is 0.0655. The fraction of sp³-hybridized carbons (Fsp3) is 0.200. The van der Waals surface area contributed by atoms with E-state index in [-0.39, 0.29) is 22.9 Å². The summed E-state index contributed by atoms with van der Waals surface area (Å²) in [5.41, 5.74) is 0.274. The van der Waals surface area contributed by atoms with Crippen LogP contribution >= 0.6 is 23.2 Å². The Morgan fingerprint density at radius 1 is 1.44 bits per heavy atom. The summed E-state index contributed by atoms with van der Waals surface area (Å²) in [5, 5.41) is 12.0. The number of hydrogen-bond donors (Lipinski definition) is 0. The lowest BCUT2D eigenvalue weighted by atomic mass is 10.2. The average molecular weight is 287 g/mol. The molecule has 1 aromatic heterocycles. The normalized spacial score (nSPS) is 10.4. The van der Waals surface area contributed by atoms with Crippen LogP contribution in [0, 0.1) is 0 Å². The first-order chi connectivity index (χ1) is 8.60. The van der Waals surface area contributed by atoms with Gasteiger partial charge in [-0.05, 0) is 17.3 Å². The Hall–Kier alpha value is -1.66. The first-order valence-corrected chi connectivity index (χ1v) is 5.65. The van der Waals surface area contributed by atoms with Gasteiger partial charge in [0.25, 0.3) is 0 Å². The Morgan fingerprint density at radius 2 is 2.22 bits per heavy atom. The van der Waals surface area contributed by atoms with Crippen molar-refractivity contribution in [3.63, 3.8) is 0 Å². The summed E-state index contributed by atoms with van der Waals surface area (Å²) in [7, 11) is 1.64. The van der Waals surface area contributed by atoms with Crippen LogP contribution in [0.5, 0.6) is 5.75 Å². The third-order valence-corrected chi connectivity index (χ3v) is 2.56. The molecule has 0 atom stereocenters. The Kier molecular flexibility index (Phi) is 3.78. The van der Waals surface area contributed by atoms with Gasteiger partial charge in [0, 0.05) is 5.02 Å². The largest absolute Gasteiger partial charge is 0.483 e. The summed E-state index contributed by atoms with van der Waals surface area (Å²) in [6.45, 7) is 0.0655. The van der Waals surface area contributed by atoms with Crippen LogP contribution in [0.15, 0.2) is 12.1 Å². The molecule has 1 aromatic carbocycles. The summed E-state index contributed by atoms with van der Waals surface area (Å²) in [5.74, 6) is 0.642. The highest BCUT2D eigenvalue weighted by Gasteiger charge is 2.11. The number of benzene rings is 1. The van der Waals surface area contributed by atoms with Gasteiger partial charge < -0.3 is 4.74 Å². The van der Waals surface area contributed by atoms with Crippen LogP contribution < -0.4 is 4.74 Å². The Labute approximate surface area is 112 Å². The van der Waals surface area contributed by atoms with E-state index in [1.165, 1.54) is 16.9 Å². The van der Waals surface area contributed by atoms with Crippen LogP contribution in [-0.4, -0.2) is 26.5 Å². The molecule has 94 valence electrons. The molecule has 0 spiro atoms. The molecule has 0 bridgehead atoms. The first-order valence-electron chi connectivity index (χ1n) is 4.90. The third-order valence-electron chi connectivity index (χ3n) is 2.06. The van der Waals surface area contributed by atoms with E-state index in [9.17, 15) is 4.79 Å². The van der Waals surface area contributed by atoms with Gasteiger partial charge in [-0.3, -0.25) is 4.79 Å². The van der Waals surface area contributed by atoms with E-state index in [4.69, 9.17) is 27.9 Å². The van der Waals surface area contributed by atoms with Crippen molar-refractivity contribution < 1.29 is 9.53 Å². The lowest BCUT2D eigenvalue weighted by Gasteiger charge is -2.08. The number of rotatable bonds is 4. The number of tetrazole rings is 1. The highest BCUT2D eigenvalue weighted by molar-refractivity contribution is 6.36. The van der Waals surface area contributed by atoms with E-state index in [0.717, 1.165) is 0 Å². The average Bonchev–Trinajstić information content (AvgIpc) is 2.73. The minimum Gasteiger partial charge on any atom is -0.483 e. The topological polar surface area (TPSA) is 69.9 Å². The summed E-state index contributed by atoms with van der Waals surface area (Å²) in [4.78, 5) is 12.2. The minimum atomic E-state index is 0.0655. The van der Waals surface area contributed by atoms with Gasteiger partial charge in [-0.25, -0.2) is 0 Å². The predicted molar refractivity (Wildman–Crippen MR) is 65.0 cm³/mol. The van der Waals surface area contributed by atoms with Gasteiger partial charge in [-0.2, -0.15) is 4.80 Å². The van der Waals surface area contributed by atoms with E-state index in [1.54, 1.807) is 7.05 Å². The van der Waals surface area contributed by atoms with Crippen molar-refractivity contribution in [3.05, 3.63) is 33.6 Å². The molecule has 0 saturated carbocycles. The van der Waals surface area contributed by atoms with Gasteiger partial charge in [-0.1, -0.05) is 23.2 Å². The number of aryl methyl sites for hydroxylation is 1. The molecule has 0 N–H and O–H groups in total. The number of ether oxygens (including phenoxy) is 1. The molecule has 1 heterocycles. The molecule has 0 aliphatic rings. The van der Waals surface area contributed by atoms with Crippen LogP contribution in [0.2, 0.25) is 10.0 Å². The van der Waals surface area contributed by atoms with Crippen LogP contribution in [0.3, 0.4) is 0 Å². The van der Waals surface area contributed by atoms with E-state index < -0.39 is 0 Å². The zero-order chi connectivity index (χ0) is 13.1. The van der Waals surface area contributed by atoms with Crippen LogP contribution in [0.25, 0.3) is 0 Å². The van der Waals surface area contributed by atoms with Gasteiger partial charge in [0.15, 0.2) is 12.9 Å². The number of aromatic nitrogens is 4. The van der Waals surface area contributed by atoms with Crippen LogP contribution in [0.4, 0.5) is 0 Å². The zero-order valence-corrected chi connectivity index (χ0v) is 10.8. The molecule has 0 saturated heterocycles. The fourth-order valence-electron chi connectivity index (χ4n) is 1.34. The molecule has 0 aliphatic heterocycles.